The Morgan fingerprint density at radius 1 is 1.04 bits per heavy atom. The molecule has 0 aliphatic carbocycles. The number of para-hydroxylation sites is 1. The highest BCUT2D eigenvalue weighted by molar-refractivity contribution is 6.33. The number of aromatic amines is 1. The molecule has 23 heavy (non-hydrogen) atoms. The molecule has 3 aromatic rings. The first-order valence-electron chi connectivity index (χ1n) is 7.43. The highest BCUT2D eigenvalue weighted by atomic mass is 16.5. The summed E-state index contributed by atoms with van der Waals surface area (Å²) >= 11 is 0. The van der Waals surface area contributed by atoms with Crippen molar-refractivity contribution in [1.29, 1.82) is 0 Å². The van der Waals surface area contributed by atoms with E-state index in [0.717, 1.165) is 22.0 Å². The molecule has 0 amide bonds. The molecular formula is C19H17NO3. The van der Waals surface area contributed by atoms with Gasteiger partial charge < -0.3 is 9.72 Å². The summed E-state index contributed by atoms with van der Waals surface area (Å²) < 4.78 is 4.56. The minimum atomic E-state index is -0.800. The van der Waals surface area contributed by atoms with Crippen molar-refractivity contribution in [3.8, 4) is 0 Å². The fraction of sp³-hybridized carbons (Fsp3) is 0.158. The Labute approximate surface area is 134 Å². The number of benzene rings is 2. The zero-order chi connectivity index (χ0) is 16.2. The van der Waals surface area contributed by atoms with Crippen LogP contribution in [0.1, 0.15) is 23.5 Å². The Balaban J connectivity index is 2.05. The van der Waals surface area contributed by atoms with E-state index in [0.29, 0.717) is 0 Å². The van der Waals surface area contributed by atoms with E-state index in [1.807, 2.05) is 60.8 Å². The van der Waals surface area contributed by atoms with Crippen LogP contribution in [-0.2, 0) is 14.3 Å². The van der Waals surface area contributed by atoms with E-state index in [-0.39, 0.29) is 12.3 Å². The van der Waals surface area contributed by atoms with Crippen LogP contribution >= 0.6 is 0 Å². The zero-order valence-corrected chi connectivity index (χ0v) is 12.8. The lowest BCUT2D eigenvalue weighted by molar-refractivity contribution is -0.151. The average molecular weight is 307 g/mol. The number of ketones is 1. The number of esters is 1. The van der Waals surface area contributed by atoms with Crippen molar-refractivity contribution in [3.63, 3.8) is 0 Å². The van der Waals surface area contributed by atoms with Crippen LogP contribution in [-0.4, -0.2) is 23.8 Å². The van der Waals surface area contributed by atoms with Crippen molar-refractivity contribution in [2.75, 3.05) is 7.11 Å². The number of hydrogen-bond acceptors (Lipinski definition) is 3. The zero-order valence-electron chi connectivity index (χ0n) is 12.8. The third kappa shape index (κ3) is 3.01. The second-order valence-electron chi connectivity index (χ2n) is 5.37. The Morgan fingerprint density at radius 2 is 1.74 bits per heavy atom. The minimum Gasteiger partial charge on any atom is -0.463 e. The molecule has 3 rings (SSSR count). The summed E-state index contributed by atoms with van der Waals surface area (Å²) in [6.07, 6.45) is 1.99. The molecule has 0 unspecified atom stereocenters. The maximum atomic E-state index is 12.1. The second kappa shape index (κ2) is 6.48. The molecule has 4 nitrogen and oxygen atoms in total. The molecule has 0 radical (unpaired) electrons. The molecule has 0 fully saturated rings. The highest BCUT2D eigenvalue weighted by Crippen LogP contribution is 2.33. The Kier molecular flexibility index (Phi) is 4.24. The van der Waals surface area contributed by atoms with Gasteiger partial charge in [0.25, 0.3) is 0 Å². The number of methoxy groups -OCH3 is 1. The predicted molar refractivity (Wildman–Crippen MR) is 88.2 cm³/mol. The number of aromatic nitrogens is 1. The number of H-pyrrole nitrogens is 1. The van der Waals surface area contributed by atoms with Gasteiger partial charge in [0.05, 0.1) is 7.11 Å². The van der Waals surface area contributed by atoms with E-state index in [4.69, 9.17) is 0 Å². The lowest BCUT2D eigenvalue weighted by atomic mass is 9.87. The number of hydrogen-bond donors (Lipinski definition) is 1. The quantitative estimate of drug-likeness (QED) is 0.580. The molecule has 1 N–H and O–H groups in total. The summed E-state index contributed by atoms with van der Waals surface area (Å²) in [5.41, 5.74) is 3.01. The van der Waals surface area contributed by atoms with Crippen molar-refractivity contribution in [2.24, 2.45) is 0 Å². The van der Waals surface area contributed by atoms with Crippen LogP contribution in [0.15, 0.2) is 60.8 Å². The van der Waals surface area contributed by atoms with Crippen molar-refractivity contribution in [1.82, 2.24) is 4.98 Å². The largest absolute Gasteiger partial charge is 0.463 e. The molecule has 0 saturated heterocycles. The second-order valence-corrected chi connectivity index (χ2v) is 5.37. The molecular weight excluding hydrogens is 290 g/mol. The van der Waals surface area contributed by atoms with Crippen LogP contribution in [0.2, 0.25) is 0 Å². The SMILES string of the molecule is COC(=O)C(=O)C[C@@H](c1ccccc1)c1c[nH]c2ccccc12. The molecule has 1 heterocycles. The molecule has 116 valence electrons. The molecule has 0 saturated carbocycles. The van der Waals surface area contributed by atoms with Gasteiger partial charge in [-0.3, -0.25) is 4.79 Å². The van der Waals surface area contributed by atoms with Crippen LogP contribution in [0.25, 0.3) is 10.9 Å². The average Bonchev–Trinajstić information content (AvgIpc) is 3.03. The molecule has 0 aliphatic heterocycles. The van der Waals surface area contributed by atoms with E-state index in [2.05, 4.69) is 9.72 Å². The van der Waals surface area contributed by atoms with Gasteiger partial charge in [0.1, 0.15) is 0 Å². The van der Waals surface area contributed by atoms with Crippen molar-refractivity contribution >= 4 is 22.7 Å². The highest BCUT2D eigenvalue weighted by Gasteiger charge is 2.25. The lowest BCUT2D eigenvalue weighted by Gasteiger charge is -2.16. The first kappa shape index (κ1) is 15.0. The van der Waals surface area contributed by atoms with Crippen molar-refractivity contribution in [3.05, 3.63) is 71.9 Å². The topological polar surface area (TPSA) is 59.2 Å². The molecule has 0 bridgehead atoms. The van der Waals surface area contributed by atoms with Gasteiger partial charge in [-0.1, -0.05) is 48.5 Å². The van der Waals surface area contributed by atoms with E-state index in [1.54, 1.807) is 0 Å². The normalized spacial score (nSPS) is 12.0. The molecule has 1 aromatic heterocycles. The van der Waals surface area contributed by atoms with Crippen LogP contribution < -0.4 is 0 Å². The van der Waals surface area contributed by atoms with Crippen LogP contribution in [0.3, 0.4) is 0 Å². The summed E-state index contributed by atoms with van der Waals surface area (Å²) in [5, 5.41) is 1.05. The molecule has 2 aromatic carbocycles. The molecule has 0 aliphatic rings. The third-order valence-corrected chi connectivity index (χ3v) is 4.00. The Bertz CT molecular complexity index is 836. The van der Waals surface area contributed by atoms with Gasteiger partial charge in [0.15, 0.2) is 0 Å². The van der Waals surface area contributed by atoms with Gasteiger partial charge in [-0.25, -0.2) is 4.79 Å². The van der Waals surface area contributed by atoms with E-state index in [9.17, 15) is 9.59 Å². The number of carbonyl (C=O) groups is 2. The summed E-state index contributed by atoms with van der Waals surface area (Å²) in [6.45, 7) is 0. The van der Waals surface area contributed by atoms with Gasteiger partial charge in [-0.2, -0.15) is 0 Å². The minimum absolute atomic E-state index is 0.0819. The summed E-state index contributed by atoms with van der Waals surface area (Å²) in [4.78, 5) is 26.9. The summed E-state index contributed by atoms with van der Waals surface area (Å²) in [6, 6.07) is 17.7. The monoisotopic (exact) mass is 307 g/mol. The number of Topliss-reactive ketones (excluding diaryl/α,β-unsaturated/α-hetero) is 1. The van der Waals surface area contributed by atoms with E-state index < -0.39 is 11.8 Å². The van der Waals surface area contributed by atoms with Crippen LogP contribution in [0, 0.1) is 0 Å². The lowest BCUT2D eigenvalue weighted by Crippen LogP contribution is -2.19. The van der Waals surface area contributed by atoms with Gasteiger partial charge in [-0.15, -0.1) is 0 Å². The van der Waals surface area contributed by atoms with Gasteiger partial charge in [-0.05, 0) is 17.2 Å². The number of nitrogens with one attached hydrogen (secondary N) is 1. The van der Waals surface area contributed by atoms with Crippen LogP contribution in [0.5, 0.6) is 0 Å². The Hall–Kier alpha value is -2.88. The fourth-order valence-electron chi connectivity index (χ4n) is 2.86. The van der Waals surface area contributed by atoms with Crippen molar-refractivity contribution < 1.29 is 14.3 Å². The molecule has 4 heteroatoms. The maximum Gasteiger partial charge on any atom is 0.374 e. The molecule has 0 spiro atoms. The standard InChI is InChI=1S/C19H17NO3/c1-23-19(22)18(21)11-15(13-7-3-2-4-8-13)16-12-20-17-10-6-5-9-14(16)17/h2-10,12,15,20H,11H2,1H3/t15-/m0/s1. The maximum absolute atomic E-state index is 12.1. The van der Waals surface area contributed by atoms with Gasteiger partial charge in [0.2, 0.25) is 5.78 Å². The third-order valence-electron chi connectivity index (χ3n) is 4.00. The number of fused-ring (bicyclic) bond motifs is 1. The van der Waals surface area contributed by atoms with Crippen molar-refractivity contribution in [2.45, 2.75) is 12.3 Å². The number of carbonyl (C=O) groups excluding carboxylic acids is 2. The predicted octanol–water partition coefficient (Wildman–Crippen LogP) is 3.43. The smallest absolute Gasteiger partial charge is 0.374 e. The summed E-state index contributed by atoms with van der Waals surface area (Å²) in [7, 11) is 1.23. The summed E-state index contributed by atoms with van der Waals surface area (Å²) in [5.74, 6) is -1.52. The van der Waals surface area contributed by atoms with E-state index in [1.165, 1.54) is 7.11 Å². The number of ether oxygens (including phenoxy) is 1. The van der Waals surface area contributed by atoms with E-state index >= 15 is 0 Å². The van der Waals surface area contributed by atoms with Crippen LogP contribution in [0.4, 0.5) is 0 Å². The first-order valence-corrected chi connectivity index (χ1v) is 7.43. The Morgan fingerprint density at radius 3 is 2.48 bits per heavy atom. The first-order chi connectivity index (χ1) is 11.2. The molecule has 1 atom stereocenters. The van der Waals surface area contributed by atoms with Gasteiger partial charge >= 0.3 is 5.97 Å². The fourth-order valence-corrected chi connectivity index (χ4v) is 2.86. The van der Waals surface area contributed by atoms with Gasteiger partial charge in [0, 0.05) is 29.4 Å². The number of rotatable bonds is 5.